The molecule has 3 nitrogen and oxygen atoms in total. The lowest BCUT2D eigenvalue weighted by molar-refractivity contribution is 0.577. The molecular weight excluding hydrogens is 241 g/mol. The quantitative estimate of drug-likeness (QED) is 0.821. The molecule has 5 heteroatoms. The van der Waals surface area contributed by atoms with E-state index in [1.54, 1.807) is 23.7 Å². The maximum Gasteiger partial charge on any atom is 0.146 e. The first kappa shape index (κ1) is 11.6. The summed E-state index contributed by atoms with van der Waals surface area (Å²) >= 11 is 5.86. The summed E-state index contributed by atoms with van der Waals surface area (Å²) in [6, 6.07) is 6.54. The van der Waals surface area contributed by atoms with Gasteiger partial charge in [0.15, 0.2) is 0 Å². The molecule has 0 radical (unpaired) electrons. The minimum atomic E-state index is -0.499. The first-order valence-electron chi connectivity index (χ1n) is 4.99. The molecular formula is C12H9ClFN3. The van der Waals surface area contributed by atoms with Gasteiger partial charge in [0.25, 0.3) is 0 Å². The molecule has 0 spiro atoms. The van der Waals surface area contributed by atoms with Gasteiger partial charge in [0.1, 0.15) is 11.9 Å². The molecule has 0 aliphatic rings. The fraction of sp³-hybridized carbons (Fsp3) is 0.167. The fourth-order valence-electron chi connectivity index (χ4n) is 1.53. The van der Waals surface area contributed by atoms with Gasteiger partial charge in [-0.2, -0.15) is 10.4 Å². The molecule has 2 aromatic rings. The highest BCUT2D eigenvalue weighted by Crippen LogP contribution is 2.17. The Kier molecular flexibility index (Phi) is 3.12. The van der Waals surface area contributed by atoms with Crippen molar-refractivity contribution >= 4 is 11.6 Å². The van der Waals surface area contributed by atoms with Crippen molar-refractivity contribution in [2.45, 2.75) is 13.5 Å². The van der Waals surface area contributed by atoms with Crippen LogP contribution in [0.15, 0.2) is 24.4 Å². The van der Waals surface area contributed by atoms with Crippen LogP contribution in [0, 0.1) is 24.1 Å². The molecule has 0 N–H and O–H groups in total. The van der Waals surface area contributed by atoms with Crippen molar-refractivity contribution in [1.82, 2.24) is 9.78 Å². The topological polar surface area (TPSA) is 41.6 Å². The Bertz CT molecular complexity index is 598. The van der Waals surface area contributed by atoms with Crippen LogP contribution in [0.4, 0.5) is 4.39 Å². The van der Waals surface area contributed by atoms with E-state index in [1.165, 1.54) is 12.3 Å². The van der Waals surface area contributed by atoms with Crippen LogP contribution in [0.3, 0.4) is 0 Å². The zero-order chi connectivity index (χ0) is 12.4. The molecule has 17 heavy (non-hydrogen) atoms. The summed E-state index contributed by atoms with van der Waals surface area (Å²) in [4.78, 5) is 0. The smallest absolute Gasteiger partial charge is 0.146 e. The number of hydrogen-bond acceptors (Lipinski definition) is 2. The molecule has 1 heterocycles. The van der Waals surface area contributed by atoms with E-state index < -0.39 is 5.82 Å². The van der Waals surface area contributed by atoms with Gasteiger partial charge in [-0.05, 0) is 13.0 Å². The molecule has 86 valence electrons. The van der Waals surface area contributed by atoms with Gasteiger partial charge in [0.2, 0.25) is 0 Å². The van der Waals surface area contributed by atoms with Gasteiger partial charge in [-0.3, -0.25) is 4.68 Å². The second-order valence-electron chi connectivity index (χ2n) is 3.63. The Morgan fingerprint density at radius 2 is 2.29 bits per heavy atom. The summed E-state index contributed by atoms with van der Waals surface area (Å²) in [6.45, 7) is 2.07. The average Bonchev–Trinajstić information content (AvgIpc) is 2.64. The van der Waals surface area contributed by atoms with Gasteiger partial charge < -0.3 is 0 Å². The first-order chi connectivity index (χ1) is 8.13. The maximum atomic E-state index is 13.8. The van der Waals surface area contributed by atoms with E-state index in [1.807, 2.05) is 6.07 Å². The van der Waals surface area contributed by atoms with Gasteiger partial charge in [-0.1, -0.05) is 23.7 Å². The van der Waals surface area contributed by atoms with Crippen molar-refractivity contribution in [2.75, 3.05) is 0 Å². The van der Waals surface area contributed by atoms with E-state index in [9.17, 15) is 4.39 Å². The Hall–Kier alpha value is -1.86. The van der Waals surface area contributed by atoms with E-state index in [0.717, 1.165) is 5.69 Å². The van der Waals surface area contributed by atoms with Crippen LogP contribution in [0.2, 0.25) is 5.02 Å². The lowest BCUT2D eigenvalue weighted by Gasteiger charge is -2.06. The standard InChI is InChI=1S/C12H9ClFN3/c1-8-11(13)6-16-17(8)7-10-4-2-3-9(5-15)12(10)14/h2-4,6H,7H2,1H3. The molecule has 0 atom stereocenters. The lowest BCUT2D eigenvalue weighted by Crippen LogP contribution is -2.06. The molecule has 1 aromatic carbocycles. The average molecular weight is 250 g/mol. The van der Waals surface area contributed by atoms with Crippen LogP contribution in [-0.2, 0) is 6.54 Å². The normalized spacial score (nSPS) is 10.2. The highest BCUT2D eigenvalue weighted by molar-refractivity contribution is 6.31. The van der Waals surface area contributed by atoms with Gasteiger partial charge >= 0.3 is 0 Å². The van der Waals surface area contributed by atoms with Crippen LogP contribution >= 0.6 is 11.6 Å². The second kappa shape index (κ2) is 4.56. The number of halogens is 2. The molecule has 0 aliphatic carbocycles. The Morgan fingerprint density at radius 1 is 1.53 bits per heavy atom. The van der Waals surface area contributed by atoms with Crippen molar-refractivity contribution in [3.8, 4) is 6.07 Å². The predicted molar refractivity (Wildman–Crippen MR) is 62.2 cm³/mol. The van der Waals surface area contributed by atoms with E-state index in [-0.39, 0.29) is 12.1 Å². The maximum absolute atomic E-state index is 13.8. The minimum absolute atomic E-state index is 0.0402. The van der Waals surface area contributed by atoms with Crippen LogP contribution < -0.4 is 0 Å². The van der Waals surface area contributed by atoms with Gasteiger partial charge in [-0.15, -0.1) is 0 Å². The molecule has 0 saturated carbocycles. The Labute approximate surface area is 103 Å². The number of nitriles is 1. The van der Waals surface area contributed by atoms with Crippen LogP contribution in [0.25, 0.3) is 0 Å². The number of hydrogen-bond donors (Lipinski definition) is 0. The number of nitrogens with zero attached hydrogens (tertiary/aromatic N) is 3. The molecule has 0 bridgehead atoms. The van der Waals surface area contributed by atoms with Crippen molar-refractivity contribution in [3.05, 3.63) is 52.1 Å². The number of aromatic nitrogens is 2. The van der Waals surface area contributed by atoms with Crippen molar-refractivity contribution in [3.63, 3.8) is 0 Å². The Balaban J connectivity index is 2.37. The van der Waals surface area contributed by atoms with Crippen molar-refractivity contribution in [2.24, 2.45) is 0 Å². The highest BCUT2D eigenvalue weighted by atomic mass is 35.5. The molecule has 0 saturated heterocycles. The van der Waals surface area contributed by atoms with Crippen LogP contribution in [0.1, 0.15) is 16.8 Å². The fourth-order valence-corrected chi connectivity index (χ4v) is 1.67. The van der Waals surface area contributed by atoms with Crippen LogP contribution in [-0.4, -0.2) is 9.78 Å². The SMILES string of the molecule is Cc1c(Cl)cnn1Cc1cccc(C#N)c1F. The molecule has 2 rings (SSSR count). The Morgan fingerprint density at radius 3 is 2.88 bits per heavy atom. The zero-order valence-electron chi connectivity index (χ0n) is 9.11. The predicted octanol–water partition coefficient (Wildman–Crippen LogP) is 2.90. The third-order valence-corrected chi connectivity index (χ3v) is 2.93. The second-order valence-corrected chi connectivity index (χ2v) is 4.03. The van der Waals surface area contributed by atoms with Gasteiger partial charge in [0.05, 0.1) is 29.0 Å². The van der Waals surface area contributed by atoms with Crippen molar-refractivity contribution < 1.29 is 4.39 Å². The highest BCUT2D eigenvalue weighted by Gasteiger charge is 2.10. The molecule has 1 aromatic heterocycles. The summed E-state index contributed by atoms with van der Waals surface area (Å²) in [5.74, 6) is -0.499. The number of benzene rings is 1. The van der Waals surface area contributed by atoms with Gasteiger partial charge in [-0.25, -0.2) is 4.39 Å². The zero-order valence-corrected chi connectivity index (χ0v) is 9.87. The summed E-state index contributed by atoms with van der Waals surface area (Å²) in [5.41, 5.74) is 1.23. The summed E-state index contributed by atoms with van der Waals surface area (Å²) in [7, 11) is 0. The third kappa shape index (κ3) is 2.15. The van der Waals surface area contributed by atoms with Crippen LogP contribution in [0.5, 0.6) is 0 Å². The third-order valence-electron chi connectivity index (χ3n) is 2.56. The van der Waals surface area contributed by atoms with E-state index in [2.05, 4.69) is 5.10 Å². The minimum Gasteiger partial charge on any atom is -0.264 e. The van der Waals surface area contributed by atoms with Crippen molar-refractivity contribution in [1.29, 1.82) is 5.26 Å². The summed E-state index contributed by atoms with van der Waals surface area (Å²) in [5, 5.41) is 13.3. The molecule has 0 aliphatic heterocycles. The lowest BCUT2D eigenvalue weighted by atomic mass is 10.1. The monoisotopic (exact) mass is 249 g/mol. The van der Waals surface area contributed by atoms with E-state index in [0.29, 0.717) is 10.6 Å². The van der Waals surface area contributed by atoms with E-state index >= 15 is 0 Å². The number of rotatable bonds is 2. The first-order valence-corrected chi connectivity index (χ1v) is 5.36. The van der Waals surface area contributed by atoms with Gasteiger partial charge in [0, 0.05) is 5.56 Å². The molecule has 0 amide bonds. The largest absolute Gasteiger partial charge is 0.264 e. The molecule has 0 unspecified atom stereocenters. The van der Waals surface area contributed by atoms with E-state index in [4.69, 9.17) is 16.9 Å². The molecule has 0 fully saturated rings. The summed E-state index contributed by atoms with van der Waals surface area (Å²) < 4.78 is 15.4. The summed E-state index contributed by atoms with van der Waals surface area (Å²) in [6.07, 6.45) is 1.52.